The molecule has 9 heteroatoms. The molecular formula is C11H16FN3O4S. The Morgan fingerprint density at radius 1 is 1.35 bits per heavy atom. The molecule has 0 radical (unpaired) electrons. The van der Waals surface area contributed by atoms with E-state index in [1.807, 2.05) is 0 Å². The molecule has 2 N–H and O–H groups in total. The topological polar surface area (TPSA) is 101 Å². The van der Waals surface area contributed by atoms with Crippen LogP contribution in [0.5, 0.6) is 0 Å². The fourth-order valence-corrected chi connectivity index (χ4v) is 2.72. The Kier molecular flexibility index (Phi) is 4.66. The third-order valence-corrected chi connectivity index (χ3v) is 3.21. The normalized spacial score (nSPS) is 12.2. The molecule has 0 atom stereocenters. The van der Waals surface area contributed by atoms with E-state index in [9.17, 15) is 22.9 Å². The first-order valence-electron chi connectivity index (χ1n) is 5.66. The first kappa shape index (κ1) is 16.3. The fourth-order valence-electron chi connectivity index (χ4n) is 1.64. The van der Waals surface area contributed by atoms with E-state index in [1.165, 1.54) is 6.07 Å². The lowest BCUT2D eigenvalue weighted by atomic mass is 10.1. The summed E-state index contributed by atoms with van der Waals surface area (Å²) < 4.78 is 38.0. The van der Waals surface area contributed by atoms with Crippen molar-refractivity contribution in [2.45, 2.75) is 19.4 Å². The molecular weight excluding hydrogens is 289 g/mol. The number of halogens is 1. The molecule has 0 fully saturated rings. The first-order valence-corrected chi connectivity index (χ1v) is 7.55. The minimum absolute atomic E-state index is 0.140. The van der Waals surface area contributed by atoms with Crippen LogP contribution in [-0.2, 0) is 10.0 Å². The second-order valence-corrected chi connectivity index (χ2v) is 6.82. The lowest BCUT2D eigenvalue weighted by molar-refractivity contribution is -0.385. The van der Waals surface area contributed by atoms with E-state index in [1.54, 1.807) is 13.8 Å². The summed E-state index contributed by atoms with van der Waals surface area (Å²) in [4.78, 5) is 9.91. The molecule has 0 heterocycles. The number of nitro groups is 1. The van der Waals surface area contributed by atoms with Crippen LogP contribution in [0.1, 0.15) is 13.8 Å². The van der Waals surface area contributed by atoms with Gasteiger partial charge in [-0.15, -0.1) is 0 Å². The van der Waals surface area contributed by atoms with Crippen molar-refractivity contribution < 1.29 is 17.7 Å². The summed E-state index contributed by atoms with van der Waals surface area (Å²) in [6, 6.07) is 3.09. The van der Waals surface area contributed by atoms with Crippen LogP contribution in [-0.4, -0.2) is 31.7 Å². The summed E-state index contributed by atoms with van der Waals surface area (Å²) in [7, 11) is -3.39. The third-order valence-electron chi connectivity index (χ3n) is 2.29. The van der Waals surface area contributed by atoms with Gasteiger partial charge in [0.1, 0.15) is 5.82 Å². The molecule has 0 saturated heterocycles. The van der Waals surface area contributed by atoms with Crippen LogP contribution >= 0.6 is 0 Å². The molecule has 0 aliphatic carbocycles. The molecule has 0 aliphatic rings. The lowest BCUT2D eigenvalue weighted by Crippen LogP contribution is -2.47. The molecule has 0 aliphatic heterocycles. The Morgan fingerprint density at radius 3 is 2.45 bits per heavy atom. The van der Waals surface area contributed by atoms with E-state index in [0.717, 1.165) is 18.4 Å². The number of anilines is 1. The molecule has 112 valence electrons. The number of sulfonamides is 1. The van der Waals surface area contributed by atoms with Crippen molar-refractivity contribution >= 4 is 21.4 Å². The number of nitrogens with zero attached hydrogens (tertiary/aromatic N) is 1. The van der Waals surface area contributed by atoms with Gasteiger partial charge in [-0.2, -0.15) is 0 Å². The Bertz CT molecular complexity index is 616. The lowest BCUT2D eigenvalue weighted by Gasteiger charge is -2.25. The van der Waals surface area contributed by atoms with Gasteiger partial charge in [0.05, 0.1) is 17.2 Å². The second-order valence-electron chi connectivity index (χ2n) is 5.07. The molecule has 0 saturated carbocycles. The van der Waals surface area contributed by atoms with Gasteiger partial charge in [-0.05, 0) is 19.9 Å². The average molecular weight is 305 g/mol. The maximum atomic E-state index is 13.2. The quantitative estimate of drug-likeness (QED) is 0.612. The highest BCUT2D eigenvalue weighted by Gasteiger charge is 2.22. The van der Waals surface area contributed by atoms with E-state index in [2.05, 4.69) is 10.0 Å². The summed E-state index contributed by atoms with van der Waals surface area (Å²) in [5, 5.41) is 13.4. The molecule has 0 spiro atoms. The van der Waals surface area contributed by atoms with Gasteiger partial charge in [0.25, 0.3) is 5.69 Å². The standard InChI is InChI=1S/C11H16FN3O4S/c1-11(2,14-20(3,18)19)7-13-9-4-8(12)5-10(6-9)15(16)17/h4-6,13-14H,7H2,1-3H3. The van der Waals surface area contributed by atoms with Crippen LogP contribution in [0.2, 0.25) is 0 Å². The van der Waals surface area contributed by atoms with Gasteiger partial charge >= 0.3 is 0 Å². The SMILES string of the molecule is CC(C)(CNc1cc(F)cc([N+](=O)[O-])c1)NS(C)(=O)=O. The van der Waals surface area contributed by atoms with E-state index in [0.29, 0.717) is 0 Å². The average Bonchev–Trinajstić information content (AvgIpc) is 2.22. The van der Waals surface area contributed by atoms with Crippen molar-refractivity contribution in [1.82, 2.24) is 4.72 Å². The maximum Gasteiger partial charge on any atom is 0.274 e. The summed E-state index contributed by atoms with van der Waals surface area (Å²) in [6.45, 7) is 3.41. The predicted octanol–water partition coefficient (Wildman–Crippen LogP) is 1.47. The van der Waals surface area contributed by atoms with Crippen molar-refractivity contribution in [3.63, 3.8) is 0 Å². The molecule has 0 unspecified atom stereocenters. The molecule has 0 aromatic heterocycles. The van der Waals surface area contributed by atoms with Gasteiger partial charge in [0.2, 0.25) is 10.0 Å². The molecule has 1 aromatic carbocycles. The second kappa shape index (κ2) is 5.71. The molecule has 1 rings (SSSR count). The number of benzene rings is 1. The van der Waals surface area contributed by atoms with Crippen molar-refractivity contribution in [3.05, 3.63) is 34.1 Å². The zero-order chi connectivity index (χ0) is 15.6. The highest BCUT2D eigenvalue weighted by atomic mass is 32.2. The number of nitro benzene ring substituents is 1. The van der Waals surface area contributed by atoms with Crippen LogP contribution < -0.4 is 10.0 Å². The van der Waals surface area contributed by atoms with Crippen LogP contribution in [0.4, 0.5) is 15.8 Å². The third kappa shape index (κ3) is 5.49. The zero-order valence-electron chi connectivity index (χ0n) is 11.3. The minimum Gasteiger partial charge on any atom is -0.383 e. The van der Waals surface area contributed by atoms with E-state index in [4.69, 9.17) is 0 Å². The number of hydrogen-bond acceptors (Lipinski definition) is 5. The van der Waals surface area contributed by atoms with Crippen molar-refractivity contribution in [2.75, 3.05) is 18.1 Å². The van der Waals surface area contributed by atoms with Gasteiger partial charge in [-0.25, -0.2) is 17.5 Å². The predicted molar refractivity (Wildman–Crippen MR) is 73.6 cm³/mol. The highest BCUT2D eigenvalue weighted by molar-refractivity contribution is 7.88. The van der Waals surface area contributed by atoms with Gasteiger partial charge in [0, 0.05) is 23.8 Å². The summed E-state index contributed by atoms with van der Waals surface area (Å²) in [6.07, 6.45) is 1.03. The number of nitrogens with one attached hydrogen (secondary N) is 2. The van der Waals surface area contributed by atoms with Crippen LogP contribution in [0.3, 0.4) is 0 Å². The molecule has 0 amide bonds. The Balaban J connectivity index is 2.82. The zero-order valence-corrected chi connectivity index (χ0v) is 12.1. The largest absolute Gasteiger partial charge is 0.383 e. The first-order chi connectivity index (χ1) is 8.98. The summed E-state index contributed by atoms with van der Waals surface area (Å²) >= 11 is 0. The van der Waals surface area contributed by atoms with Gasteiger partial charge in [-0.3, -0.25) is 10.1 Å². The number of non-ortho nitro benzene ring substituents is 1. The van der Waals surface area contributed by atoms with Crippen LogP contribution in [0, 0.1) is 15.9 Å². The van der Waals surface area contributed by atoms with Gasteiger partial charge < -0.3 is 5.32 Å². The van der Waals surface area contributed by atoms with Crippen LogP contribution in [0.15, 0.2) is 18.2 Å². The molecule has 7 nitrogen and oxygen atoms in total. The maximum absolute atomic E-state index is 13.2. The van der Waals surface area contributed by atoms with Gasteiger partial charge in [-0.1, -0.05) is 0 Å². The molecule has 1 aromatic rings. The monoisotopic (exact) mass is 305 g/mol. The van der Waals surface area contributed by atoms with Crippen molar-refractivity contribution in [2.24, 2.45) is 0 Å². The van der Waals surface area contributed by atoms with E-state index in [-0.39, 0.29) is 17.9 Å². The smallest absolute Gasteiger partial charge is 0.274 e. The fraction of sp³-hybridized carbons (Fsp3) is 0.455. The highest BCUT2D eigenvalue weighted by Crippen LogP contribution is 2.20. The molecule has 0 bridgehead atoms. The minimum atomic E-state index is -3.39. The Hall–Kier alpha value is -1.74. The van der Waals surface area contributed by atoms with Gasteiger partial charge in [0.15, 0.2) is 0 Å². The molecule has 20 heavy (non-hydrogen) atoms. The Morgan fingerprint density at radius 2 is 1.95 bits per heavy atom. The van der Waals surface area contributed by atoms with Crippen LogP contribution in [0.25, 0.3) is 0 Å². The Labute approximate surface area is 116 Å². The summed E-state index contributed by atoms with van der Waals surface area (Å²) in [5.41, 5.74) is -0.990. The summed E-state index contributed by atoms with van der Waals surface area (Å²) in [5.74, 6) is -0.740. The van der Waals surface area contributed by atoms with E-state index < -0.39 is 26.3 Å². The number of rotatable bonds is 6. The van der Waals surface area contributed by atoms with Crippen molar-refractivity contribution in [1.29, 1.82) is 0 Å². The number of hydrogen-bond donors (Lipinski definition) is 2. The van der Waals surface area contributed by atoms with E-state index >= 15 is 0 Å². The van der Waals surface area contributed by atoms with Crippen molar-refractivity contribution in [3.8, 4) is 0 Å².